The van der Waals surface area contributed by atoms with Crippen molar-refractivity contribution in [3.8, 4) is 0 Å². The predicted molar refractivity (Wildman–Crippen MR) is 114 cm³/mol. The van der Waals surface area contributed by atoms with Crippen LogP contribution in [0.2, 0.25) is 0 Å². The second kappa shape index (κ2) is 9.77. The first kappa shape index (κ1) is 20.4. The summed E-state index contributed by atoms with van der Waals surface area (Å²) in [5, 5.41) is 2.02. The van der Waals surface area contributed by atoms with Crippen LogP contribution in [0, 0.1) is 0 Å². The van der Waals surface area contributed by atoms with Crippen molar-refractivity contribution < 1.29 is 23.8 Å². The molecule has 0 spiro atoms. The lowest BCUT2D eigenvalue weighted by atomic mass is 10.2. The van der Waals surface area contributed by atoms with Gasteiger partial charge >= 0.3 is 11.9 Å². The SMILES string of the molecule is O=C(COCC(=O)OCc1ccc2ccccc2n1)OCc1ccc2ccccc2n1. The van der Waals surface area contributed by atoms with Crippen LogP contribution in [0.4, 0.5) is 0 Å². The van der Waals surface area contributed by atoms with Crippen LogP contribution in [0.5, 0.6) is 0 Å². The van der Waals surface area contributed by atoms with E-state index in [0.717, 1.165) is 21.8 Å². The quantitative estimate of drug-likeness (QED) is 0.406. The second-order valence-corrected chi connectivity index (χ2v) is 6.80. The zero-order chi connectivity index (χ0) is 21.5. The molecular weight excluding hydrogens is 396 g/mol. The van der Waals surface area contributed by atoms with Crippen LogP contribution in [-0.4, -0.2) is 35.1 Å². The highest BCUT2D eigenvalue weighted by Crippen LogP contribution is 2.13. The molecule has 4 aromatic rings. The average Bonchev–Trinajstić information content (AvgIpc) is 2.81. The molecule has 0 fully saturated rings. The number of nitrogens with zero attached hydrogens (tertiary/aromatic N) is 2. The van der Waals surface area contributed by atoms with E-state index in [-0.39, 0.29) is 26.4 Å². The largest absolute Gasteiger partial charge is 0.457 e. The number of carbonyl (C=O) groups is 2. The average molecular weight is 416 g/mol. The summed E-state index contributed by atoms with van der Waals surface area (Å²) in [6.45, 7) is -0.635. The number of rotatable bonds is 8. The highest BCUT2D eigenvalue weighted by Gasteiger charge is 2.09. The highest BCUT2D eigenvalue weighted by molar-refractivity contribution is 5.79. The first-order chi connectivity index (χ1) is 15.2. The molecule has 0 atom stereocenters. The number of fused-ring (bicyclic) bond motifs is 2. The molecular formula is C24H20N2O5. The van der Waals surface area contributed by atoms with Crippen molar-refractivity contribution in [2.24, 2.45) is 0 Å². The molecule has 156 valence electrons. The van der Waals surface area contributed by atoms with Crippen LogP contribution in [0.1, 0.15) is 11.4 Å². The Balaban J connectivity index is 1.16. The molecule has 0 aliphatic heterocycles. The maximum atomic E-state index is 11.8. The van der Waals surface area contributed by atoms with Gasteiger partial charge < -0.3 is 14.2 Å². The summed E-state index contributed by atoms with van der Waals surface area (Å²) in [6.07, 6.45) is 0. The lowest BCUT2D eigenvalue weighted by Gasteiger charge is -2.07. The summed E-state index contributed by atoms with van der Waals surface area (Å²) >= 11 is 0. The number of benzene rings is 2. The zero-order valence-corrected chi connectivity index (χ0v) is 16.7. The summed E-state index contributed by atoms with van der Waals surface area (Å²) in [4.78, 5) is 32.5. The molecule has 2 aromatic carbocycles. The molecule has 7 nitrogen and oxygen atoms in total. The number of aromatic nitrogens is 2. The fourth-order valence-corrected chi connectivity index (χ4v) is 2.99. The Bertz CT molecular complexity index is 1130. The smallest absolute Gasteiger partial charge is 0.332 e. The van der Waals surface area contributed by atoms with E-state index in [4.69, 9.17) is 14.2 Å². The van der Waals surface area contributed by atoms with Crippen molar-refractivity contribution in [1.82, 2.24) is 9.97 Å². The van der Waals surface area contributed by atoms with Crippen LogP contribution in [0.15, 0.2) is 72.8 Å². The first-order valence-corrected chi connectivity index (χ1v) is 9.76. The van der Waals surface area contributed by atoms with Crippen LogP contribution >= 0.6 is 0 Å². The minimum Gasteiger partial charge on any atom is -0.457 e. The van der Waals surface area contributed by atoms with Crippen molar-refractivity contribution in [1.29, 1.82) is 0 Å². The Morgan fingerprint density at radius 1 is 0.613 bits per heavy atom. The van der Waals surface area contributed by atoms with Crippen LogP contribution in [0.25, 0.3) is 21.8 Å². The van der Waals surface area contributed by atoms with E-state index in [9.17, 15) is 9.59 Å². The molecule has 0 aliphatic carbocycles. The summed E-state index contributed by atoms with van der Waals surface area (Å²) in [5.41, 5.74) is 2.93. The number of para-hydroxylation sites is 2. The first-order valence-electron chi connectivity index (χ1n) is 9.76. The molecule has 7 heteroatoms. The van der Waals surface area contributed by atoms with Gasteiger partial charge in [0.15, 0.2) is 0 Å². The van der Waals surface area contributed by atoms with Gasteiger partial charge in [-0.3, -0.25) is 0 Å². The number of hydrogen-bond donors (Lipinski definition) is 0. The Labute approximate surface area is 178 Å². The standard InChI is InChI=1S/C24H20N2O5/c27-23(30-13-19-11-9-17-5-1-3-7-21(17)25-19)15-29-16-24(28)31-14-20-12-10-18-6-2-4-8-22(18)26-20/h1-12H,13-16H2. The third kappa shape index (κ3) is 5.61. The minimum atomic E-state index is -0.584. The van der Waals surface area contributed by atoms with Gasteiger partial charge in [-0.15, -0.1) is 0 Å². The van der Waals surface area contributed by atoms with E-state index >= 15 is 0 Å². The second-order valence-electron chi connectivity index (χ2n) is 6.80. The summed E-state index contributed by atoms with van der Waals surface area (Å²) in [5.74, 6) is -1.17. The van der Waals surface area contributed by atoms with Gasteiger partial charge in [0.2, 0.25) is 0 Å². The third-order valence-corrected chi connectivity index (χ3v) is 4.51. The lowest BCUT2D eigenvalue weighted by Crippen LogP contribution is -2.18. The fraction of sp³-hybridized carbons (Fsp3) is 0.167. The number of ether oxygens (including phenoxy) is 3. The van der Waals surface area contributed by atoms with Crippen molar-refractivity contribution in [2.45, 2.75) is 13.2 Å². The monoisotopic (exact) mass is 416 g/mol. The minimum absolute atomic E-state index is 0.0328. The van der Waals surface area contributed by atoms with E-state index in [0.29, 0.717) is 11.4 Å². The van der Waals surface area contributed by atoms with Crippen molar-refractivity contribution in [2.75, 3.05) is 13.2 Å². The van der Waals surface area contributed by atoms with Crippen molar-refractivity contribution >= 4 is 33.7 Å². The van der Waals surface area contributed by atoms with E-state index in [2.05, 4.69) is 9.97 Å². The van der Waals surface area contributed by atoms with Gasteiger partial charge in [0.1, 0.15) is 26.4 Å². The van der Waals surface area contributed by atoms with Crippen molar-refractivity contribution in [3.63, 3.8) is 0 Å². The van der Waals surface area contributed by atoms with Gasteiger partial charge in [0.05, 0.1) is 22.4 Å². The lowest BCUT2D eigenvalue weighted by molar-refractivity contribution is -0.157. The molecule has 0 saturated heterocycles. The van der Waals surface area contributed by atoms with Gasteiger partial charge in [-0.25, -0.2) is 19.6 Å². The number of carbonyl (C=O) groups excluding carboxylic acids is 2. The molecule has 0 amide bonds. The molecule has 4 rings (SSSR count). The summed E-state index contributed by atoms with van der Waals surface area (Å²) in [6, 6.07) is 22.8. The number of pyridine rings is 2. The molecule has 0 unspecified atom stereocenters. The fourth-order valence-electron chi connectivity index (χ4n) is 2.99. The summed E-state index contributed by atoms with van der Waals surface area (Å²) in [7, 11) is 0. The molecule has 0 N–H and O–H groups in total. The third-order valence-electron chi connectivity index (χ3n) is 4.51. The van der Waals surface area contributed by atoms with Crippen LogP contribution in [-0.2, 0) is 37.0 Å². The molecule has 0 aliphatic rings. The molecule has 0 radical (unpaired) electrons. The molecule has 2 heterocycles. The molecule has 0 saturated carbocycles. The number of esters is 2. The van der Waals surface area contributed by atoms with E-state index in [1.54, 1.807) is 12.1 Å². The van der Waals surface area contributed by atoms with Crippen molar-refractivity contribution in [3.05, 3.63) is 84.2 Å². The zero-order valence-electron chi connectivity index (χ0n) is 16.7. The van der Waals surface area contributed by atoms with Crippen LogP contribution < -0.4 is 0 Å². The highest BCUT2D eigenvalue weighted by atomic mass is 16.6. The predicted octanol–water partition coefficient (Wildman–Crippen LogP) is 3.59. The van der Waals surface area contributed by atoms with Gasteiger partial charge in [-0.1, -0.05) is 48.5 Å². The maximum absolute atomic E-state index is 11.8. The molecule has 2 aromatic heterocycles. The van der Waals surface area contributed by atoms with Gasteiger partial charge in [-0.05, 0) is 24.3 Å². The molecule has 31 heavy (non-hydrogen) atoms. The molecule has 0 bridgehead atoms. The number of hydrogen-bond acceptors (Lipinski definition) is 7. The van der Waals surface area contributed by atoms with E-state index in [1.165, 1.54) is 0 Å². The summed E-state index contributed by atoms with van der Waals surface area (Å²) < 4.78 is 15.4. The van der Waals surface area contributed by atoms with Crippen LogP contribution in [0.3, 0.4) is 0 Å². The van der Waals surface area contributed by atoms with Gasteiger partial charge in [0, 0.05) is 10.8 Å². The Hall–Kier alpha value is -3.84. The van der Waals surface area contributed by atoms with Gasteiger partial charge in [-0.2, -0.15) is 0 Å². The normalized spacial score (nSPS) is 10.8. The van der Waals surface area contributed by atoms with E-state index in [1.807, 2.05) is 60.7 Å². The Kier molecular flexibility index (Phi) is 6.44. The topological polar surface area (TPSA) is 87.6 Å². The Morgan fingerprint density at radius 3 is 1.55 bits per heavy atom. The maximum Gasteiger partial charge on any atom is 0.332 e. The van der Waals surface area contributed by atoms with E-state index < -0.39 is 11.9 Å². The van der Waals surface area contributed by atoms with Gasteiger partial charge in [0.25, 0.3) is 0 Å². The Morgan fingerprint density at radius 2 is 1.06 bits per heavy atom.